The van der Waals surface area contributed by atoms with E-state index in [2.05, 4.69) is 20.7 Å². The summed E-state index contributed by atoms with van der Waals surface area (Å²) in [7, 11) is -2.21. The summed E-state index contributed by atoms with van der Waals surface area (Å²) in [6, 6.07) is 3.00. The van der Waals surface area contributed by atoms with E-state index >= 15 is 0 Å². The van der Waals surface area contributed by atoms with Gasteiger partial charge in [-0.15, -0.1) is 0 Å². The normalized spacial score (nSPS) is 17.6. The molecule has 0 spiro atoms. The van der Waals surface area contributed by atoms with Crippen LogP contribution >= 0.6 is 15.9 Å². The van der Waals surface area contributed by atoms with E-state index in [0.717, 1.165) is 25.7 Å². The van der Waals surface area contributed by atoms with Crippen molar-refractivity contribution >= 4 is 31.6 Å². The maximum absolute atomic E-state index is 12.6. The lowest BCUT2D eigenvalue weighted by molar-refractivity contribution is 0.213. The van der Waals surface area contributed by atoms with Gasteiger partial charge in [0.2, 0.25) is 10.0 Å². The number of rotatable bonds is 5. The number of halogens is 1. The molecule has 0 radical (unpaired) electrons. The molecule has 0 unspecified atom stereocenters. The zero-order valence-corrected chi connectivity index (χ0v) is 14.0. The molecule has 1 saturated carbocycles. The van der Waals surface area contributed by atoms with E-state index < -0.39 is 10.0 Å². The molecule has 1 aromatic rings. The molecule has 5 nitrogen and oxygen atoms in total. The molecule has 0 aromatic heterocycles. The Morgan fingerprint density at radius 1 is 1.45 bits per heavy atom. The summed E-state index contributed by atoms with van der Waals surface area (Å²) in [4.78, 5) is 0.0837. The van der Waals surface area contributed by atoms with Crippen LogP contribution in [0.15, 0.2) is 21.5 Å². The Balaban J connectivity index is 2.41. The molecule has 7 heteroatoms. The maximum atomic E-state index is 12.6. The monoisotopic (exact) mass is 362 g/mol. The Bertz CT molecular complexity index is 607. The van der Waals surface area contributed by atoms with E-state index in [9.17, 15) is 8.42 Å². The van der Waals surface area contributed by atoms with Crippen molar-refractivity contribution in [3.63, 3.8) is 0 Å². The average molecular weight is 363 g/mol. The third-order valence-corrected chi connectivity index (χ3v) is 6.20. The van der Waals surface area contributed by atoms with Crippen LogP contribution in [0.4, 0.5) is 5.69 Å². The molecule has 1 aliphatic carbocycles. The van der Waals surface area contributed by atoms with Gasteiger partial charge in [0.05, 0.1) is 7.11 Å². The second-order valence-electron chi connectivity index (χ2n) is 5.12. The minimum absolute atomic E-state index is 0.0837. The van der Waals surface area contributed by atoms with Crippen molar-refractivity contribution < 1.29 is 13.2 Å². The maximum Gasteiger partial charge on any atom is 0.244 e. The molecule has 1 aromatic carbocycles. The van der Waals surface area contributed by atoms with Gasteiger partial charge in [-0.2, -0.15) is 0 Å². The molecule has 0 saturated heterocycles. The van der Waals surface area contributed by atoms with E-state index in [1.165, 1.54) is 13.2 Å². The van der Waals surface area contributed by atoms with E-state index in [-0.39, 0.29) is 16.2 Å². The first kappa shape index (κ1) is 15.6. The van der Waals surface area contributed by atoms with Crippen LogP contribution in [-0.4, -0.2) is 21.1 Å². The summed E-state index contributed by atoms with van der Waals surface area (Å²) in [5.41, 5.74) is 5.84. The topological polar surface area (TPSA) is 81.4 Å². The van der Waals surface area contributed by atoms with Gasteiger partial charge in [0.1, 0.15) is 10.6 Å². The fraction of sp³-hybridized carbons (Fsp3) is 0.538. The summed E-state index contributed by atoms with van der Waals surface area (Å²) in [6.07, 6.45) is 3.57. The van der Waals surface area contributed by atoms with Crippen molar-refractivity contribution in [2.75, 3.05) is 12.8 Å². The number of nitrogens with two attached hydrogens (primary N) is 1. The molecule has 0 atom stereocenters. The van der Waals surface area contributed by atoms with E-state index in [1.807, 2.05) is 6.92 Å². The lowest BCUT2D eigenvalue weighted by Gasteiger charge is -2.41. The van der Waals surface area contributed by atoms with Crippen LogP contribution in [0.25, 0.3) is 0 Å². The summed E-state index contributed by atoms with van der Waals surface area (Å²) in [6.45, 7) is 1.99. The molecular weight excluding hydrogens is 344 g/mol. The number of nitrogen functional groups attached to an aromatic ring is 1. The molecule has 0 bridgehead atoms. The van der Waals surface area contributed by atoms with Crippen LogP contribution in [0.3, 0.4) is 0 Å². The van der Waals surface area contributed by atoms with Gasteiger partial charge >= 0.3 is 0 Å². The van der Waals surface area contributed by atoms with Crippen molar-refractivity contribution in [1.29, 1.82) is 0 Å². The quantitative estimate of drug-likeness (QED) is 0.788. The third-order valence-electron chi connectivity index (χ3n) is 3.91. The largest absolute Gasteiger partial charge is 0.495 e. The standard InChI is InChI=1S/C13H19BrN2O3S/c1-3-13(5-4-6-13)16-20(17,18)12-8-10(15)9(14)7-11(12)19-2/h7-8,16H,3-6,15H2,1-2H3. The highest BCUT2D eigenvalue weighted by molar-refractivity contribution is 9.10. The number of nitrogens with one attached hydrogen (secondary N) is 1. The first-order valence-corrected chi connectivity index (χ1v) is 8.78. The van der Waals surface area contributed by atoms with Gasteiger partial charge in [-0.25, -0.2) is 13.1 Å². The van der Waals surface area contributed by atoms with Crippen molar-refractivity contribution in [2.24, 2.45) is 0 Å². The predicted molar refractivity (Wildman–Crippen MR) is 82.3 cm³/mol. The lowest BCUT2D eigenvalue weighted by Crippen LogP contribution is -2.52. The van der Waals surface area contributed by atoms with Gasteiger partial charge in [0.15, 0.2) is 0 Å². The SMILES string of the molecule is CCC1(NS(=O)(=O)c2cc(N)c(Br)cc2OC)CCC1. The van der Waals surface area contributed by atoms with Crippen molar-refractivity contribution in [3.05, 3.63) is 16.6 Å². The third kappa shape index (κ3) is 2.80. The predicted octanol–water partition coefficient (Wildman–Crippen LogP) is 2.65. The first-order chi connectivity index (χ1) is 9.33. The molecule has 1 aliphatic rings. The van der Waals surface area contributed by atoms with Crippen molar-refractivity contribution in [2.45, 2.75) is 43.0 Å². The number of hydrogen-bond donors (Lipinski definition) is 2. The van der Waals surface area contributed by atoms with Crippen LogP contribution in [-0.2, 0) is 10.0 Å². The highest BCUT2D eigenvalue weighted by Crippen LogP contribution is 2.38. The molecular formula is C13H19BrN2O3S. The summed E-state index contributed by atoms with van der Waals surface area (Å²) in [5.74, 6) is 0.282. The van der Waals surface area contributed by atoms with Crippen LogP contribution in [0.5, 0.6) is 5.75 Å². The van der Waals surface area contributed by atoms with Gasteiger partial charge in [0.25, 0.3) is 0 Å². The van der Waals surface area contributed by atoms with E-state index in [4.69, 9.17) is 10.5 Å². The second kappa shape index (κ2) is 5.54. The minimum atomic E-state index is -3.65. The van der Waals surface area contributed by atoms with Crippen LogP contribution in [0, 0.1) is 0 Å². The molecule has 112 valence electrons. The highest BCUT2D eigenvalue weighted by atomic mass is 79.9. The summed E-state index contributed by atoms with van der Waals surface area (Å²) >= 11 is 3.27. The zero-order valence-electron chi connectivity index (χ0n) is 11.6. The number of hydrogen-bond acceptors (Lipinski definition) is 4. The van der Waals surface area contributed by atoms with E-state index in [0.29, 0.717) is 10.2 Å². The fourth-order valence-corrected chi connectivity index (χ4v) is 4.43. The molecule has 2 rings (SSSR count). The molecule has 3 N–H and O–H groups in total. The number of methoxy groups -OCH3 is 1. The second-order valence-corrected chi connectivity index (χ2v) is 7.62. The zero-order chi connectivity index (χ0) is 15.0. The molecule has 1 fully saturated rings. The first-order valence-electron chi connectivity index (χ1n) is 6.50. The highest BCUT2D eigenvalue weighted by Gasteiger charge is 2.39. The Hall–Kier alpha value is -0.790. The Labute approximate surface area is 128 Å². The van der Waals surface area contributed by atoms with Crippen LogP contribution in [0.1, 0.15) is 32.6 Å². The van der Waals surface area contributed by atoms with Gasteiger partial charge in [-0.05, 0) is 53.7 Å². The molecule has 0 heterocycles. The van der Waals surface area contributed by atoms with Crippen LogP contribution in [0.2, 0.25) is 0 Å². The summed E-state index contributed by atoms with van der Waals surface area (Å²) < 4.78 is 33.8. The Morgan fingerprint density at radius 3 is 2.55 bits per heavy atom. The van der Waals surface area contributed by atoms with Gasteiger partial charge in [0, 0.05) is 15.7 Å². The number of ether oxygens (including phenoxy) is 1. The molecule has 0 aliphatic heterocycles. The number of benzene rings is 1. The van der Waals surface area contributed by atoms with Gasteiger partial charge < -0.3 is 10.5 Å². The molecule has 20 heavy (non-hydrogen) atoms. The molecule has 0 amide bonds. The van der Waals surface area contributed by atoms with Gasteiger partial charge in [-0.1, -0.05) is 6.92 Å². The van der Waals surface area contributed by atoms with Crippen LogP contribution < -0.4 is 15.2 Å². The Morgan fingerprint density at radius 2 is 2.10 bits per heavy atom. The average Bonchev–Trinajstić information content (AvgIpc) is 2.36. The minimum Gasteiger partial charge on any atom is -0.495 e. The smallest absolute Gasteiger partial charge is 0.244 e. The van der Waals surface area contributed by atoms with Gasteiger partial charge in [-0.3, -0.25) is 0 Å². The van der Waals surface area contributed by atoms with E-state index in [1.54, 1.807) is 6.07 Å². The summed E-state index contributed by atoms with van der Waals surface area (Å²) in [5, 5.41) is 0. The lowest BCUT2D eigenvalue weighted by atomic mass is 9.76. The van der Waals surface area contributed by atoms with Crippen molar-refractivity contribution in [3.8, 4) is 5.75 Å². The number of anilines is 1. The number of sulfonamides is 1. The Kier molecular flexibility index (Phi) is 4.32. The fourth-order valence-electron chi connectivity index (χ4n) is 2.39. The van der Waals surface area contributed by atoms with Crippen molar-refractivity contribution in [1.82, 2.24) is 4.72 Å².